The first-order valence-electron chi connectivity index (χ1n) is 27.8. The second-order valence-electron chi connectivity index (χ2n) is 20.8. The fraction of sp³-hybridized carbons (Fsp3) is 0. The van der Waals surface area contributed by atoms with E-state index in [4.69, 9.17) is 0 Å². The van der Waals surface area contributed by atoms with E-state index in [1.807, 2.05) is 0 Å². The van der Waals surface area contributed by atoms with Gasteiger partial charge in [0.2, 0.25) is 0 Å². The van der Waals surface area contributed by atoms with Gasteiger partial charge in [0.05, 0.1) is 22.1 Å². The zero-order valence-corrected chi connectivity index (χ0v) is 44.4. The van der Waals surface area contributed by atoms with Crippen LogP contribution in [0.5, 0.6) is 0 Å². The molecule has 0 saturated heterocycles. The normalized spacial score (nSPS) is 11.5. The van der Waals surface area contributed by atoms with Gasteiger partial charge in [-0.15, -0.1) is 0 Å². The molecular formula is C78H53N3. The minimum Gasteiger partial charge on any atom is -0.311 e. The Morgan fingerprint density at radius 1 is 0.185 bits per heavy atom. The molecule has 15 rings (SSSR count). The van der Waals surface area contributed by atoms with Gasteiger partial charge in [0.15, 0.2) is 0 Å². The van der Waals surface area contributed by atoms with Gasteiger partial charge < -0.3 is 14.0 Å². The van der Waals surface area contributed by atoms with Crippen LogP contribution < -0.4 is 4.90 Å². The minimum atomic E-state index is 1.07. The van der Waals surface area contributed by atoms with Crippen LogP contribution >= 0.6 is 0 Å². The number of anilines is 3. The van der Waals surface area contributed by atoms with Crippen molar-refractivity contribution in [2.75, 3.05) is 4.90 Å². The summed E-state index contributed by atoms with van der Waals surface area (Å²) in [7, 11) is 0. The number of hydrogen-bond donors (Lipinski definition) is 0. The summed E-state index contributed by atoms with van der Waals surface area (Å²) in [5.41, 5.74) is 24.6. The fourth-order valence-electron chi connectivity index (χ4n) is 12.4. The third-order valence-electron chi connectivity index (χ3n) is 16.2. The highest BCUT2D eigenvalue weighted by molar-refractivity contribution is 6.11. The van der Waals surface area contributed by atoms with Gasteiger partial charge >= 0.3 is 0 Å². The molecule has 380 valence electrons. The second-order valence-corrected chi connectivity index (χ2v) is 20.8. The first-order chi connectivity index (χ1) is 40.2. The van der Waals surface area contributed by atoms with E-state index in [2.05, 4.69) is 336 Å². The molecular weight excluding hydrogens is 979 g/mol. The molecule has 0 aliphatic heterocycles. The van der Waals surface area contributed by atoms with E-state index in [0.29, 0.717) is 0 Å². The average molecular weight is 1030 g/mol. The summed E-state index contributed by atoms with van der Waals surface area (Å²) in [5, 5.41) is 5.01. The van der Waals surface area contributed by atoms with Crippen LogP contribution in [0.3, 0.4) is 0 Å². The highest BCUT2D eigenvalue weighted by Gasteiger charge is 2.19. The lowest BCUT2D eigenvalue weighted by molar-refractivity contribution is 1.18. The Balaban J connectivity index is 0.794. The van der Waals surface area contributed by atoms with E-state index in [1.54, 1.807) is 0 Å². The Kier molecular flexibility index (Phi) is 11.9. The molecule has 0 atom stereocenters. The predicted octanol–water partition coefficient (Wildman–Crippen LogP) is 21.4. The highest BCUT2D eigenvalue weighted by Crippen LogP contribution is 2.44. The standard InChI is InChI=1S/C78H53N3/c1-3-19-57(20-4-1)65-23-7-9-25-67(65)69-27-11-12-28-70(69)68-26-10-8-24-66(68)58-41-50-63(51-42-58)79(61-44-35-54(36-45-61)55-37-48-64(49-38-55)81-75-32-16-13-29-71(75)72-30-14-17-33-76(72)81)62-46-39-56(40-47-62)59-43-52-78-74(53-59)73-31-15-18-34-77(73)80(78)60-21-5-2-6-22-60/h1-53H. The quantitative estimate of drug-likeness (QED) is 0.126. The summed E-state index contributed by atoms with van der Waals surface area (Å²) in [4.78, 5) is 2.38. The van der Waals surface area contributed by atoms with E-state index in [1.165, 1.54) is 93.7 Å². The average Bonchev–Trinajstić information content (AvgIpc) is 4.31. The van der Waals surface area contributed by atoms with Gasteiger partial charge in [-0.1, -0.05) is 231 Å². The van der Waals surface area contributed by atoms with Crippen molar-refractivity contribution >= 4 is 60.7 Å². The maximum atomic E-state index is 2.38. The molecule has 3 nitrogen and oxygen atoms in total. The predicted molar refractivity (Wildman–Crippen MR) is 342 cm³/mol. The Labute approximate surface area is 471 Å². The van der Waals surface area contributed by atoms with E-state index in [0.717, 1.165) is 45.1 Å². The lowest BCUT2D eigenvalue weighted by atomic mass is 9.87. The van der Waals surface area contributed by atoms with E-state index in [-0.39, 0.29) is 0 Å². The molecule has 0 N–H and O–H groups in total. The summed E-state index contributed by atoms with van der Waals surface area (Å²) in [6.45, 7) is 0. The van der Waals surface area contributed by atoms with Crippen molar-refractivity contribution in [3.63, 3.8) is 0 Å². The zero-order valence-electron chi connectivity index (χ0n) is 44.4. The van der Waals surface area contributed by atoms with Gasteiger partial charge in [0.1, 0.15) is 0 Å². The van der Waals surface area contributed by atoms with Gasteiger partial charge in [0, 0.05) is 50.0 Å². The number of para-hydroxylation sites is 4. The van der Waals surface area contributed by atoms with E-state index in [9.17, 15) is 0 Å². The van der Waals surface area contributed by atoms with Crippen LogP contribution in [0.2, 0.25) is 0 Å². The first kappa shape index (κ1) is 47.5. The topological polar surface area (TPSA) is 13.1 Å². The lowest BCUT2D eigenvalue weighted by Gasteiger charge is -2.26. The molecule has 0 fully saturated rings. The smallest absolute Gasteiger partial charge is 0.0541 e. The number of nitrogens with zero attached hydrogens (tertiary/aromatic N) is 3. The number of hydrogen-bond acceptors (Lipinski definition) is 1. The highest BCUT2D eigenvalue weighted by atomic mass is 15.1. The molecule has 0 amide bonds. The Hall–Kier alpha value is -10.7. The monoisotopic (exact) mass is 1030 g/mol. The second kappa shape index (κ2) is 20.2. The number of rotatable bonds is 11. The van der Waals surface area contributed by atoms with Crippen molar-refractivity contribution < 1.29 is 0 Å². The Morgan fingerprint density at radius 3 is 0.951 bits per heavy atom. The van der Waals surface area contributed by atoms with Gasteiger partial charge in [-0.2, -0.15) is 0 Å². The Morgan fingerprint density at radius 2 is 0.481 bits per heavy atom. The molecule has 2 aromatic heterocycles. The van der Waals surface area contributed by atoms with Crippen molar-refractivity contribution in [1.82, 2.24) is 9.13 Å². The molecule has 0 bridgehead atoms. The molecule has 0 spiro atoms. The van der Waals surface area contributed by atoms with Crippen LogP contribution in [-0.4, -0.2) is 9.13 Å². The van der Waals surface area contributed by atoms with Crippen LogP contribution in [0, 0.1) is 0 Å². The minimum absolute atomic E-state index is 1.07. The maximum absolute atomic E-state index is 2.38. The maximum Gasteiger partial charge on any atom is 0.0541 e. The third kappa shape index (κ3) is 8.48. The lowest BCUT2D eigenvalue weighted by Crippen LogP contribution is -2.09. The molecule has 13 aromatic carbocycles. The summed E-state index contributed by atoms with van der Waals surface area (Å²) in [6, 6.07) is 117. The van der Waals surface area contributed by atoms with Crippen molar-refractivity contribution in [1.29, 1.82) is 0 Å². The van der Waals surface area contributed by atoms with Crippen molar-refractivity contribution in [2.45, 2.75) is 0 Å². The van der Waals surface area contributed by atoms with Crippen LogP contribution in [0.15, 0.2) is 322 Å². The van der Waals surface area contributed by atoms with Crippen LogP contribution in [0.25, 0.3) is 122 Å². The summed E-state index contributed by atoms with van der Waals surface area (Å²) in [6.07, 6.45) is 0. The van der Waals surface area contributed by atoms with Crippen LogP contribution in [0.1, 0.15) is 0 Å². The SMILES string of the molecule is c1ccc(-c2ccccc2-c2ccccc2-c2ccccc2-c2ccc(N(c3ccc(-c4ccc(-n5c6ccccc6c6ccccc65)cc4)cc3)c3ccc(-c4ccc5c(c4)c4ccccc4n5-c4ccccc4)cc3)cc2)cc1. The van der Waals surface area contributed by atoms with Crippen molar-refractivity contribution in [3.05, 3.63) is 322 Å². The van der Waals surface area contributed by atoms with E-state index >= 15 is 0 Å². The number of benzene rings is 13. The first-order valence-corrected chi connectivity index (χ1v) is 27.8. The zero-order chi connectivity index (χ0) is 53.6. The summed E-state index contributed by atoms with van der Waals surface area (Å²) >= 11 is 0. The van der Waals surface area contributed by atoms with Crippen molar-refractivity contribution in [3.8, 4) is 78.1 Å². The summed E-state index contributed by atoms with van der Waals surface area (Å²) < 4.78 is 4.75. The third-order valence-corrected chi connectivity index (χ3v) is 16.2. The largest absolute Gasteiger partial charge is 0.311 e. The molecule has 0 unspecified atom stereocenters. The van der Waals surface area contributed by atoms with Crippen LogP contribution in [0.4, 0.5) is 17.1 Å². The van der Waals surface area contributed by atoms with E-state index < -0.39 is 0 Å². The molecule has 0 saturated carbocycles. The van der Waals surface area contributed by atoms with Crippen molar-refractivity contribution in [2.24, 2.45) is 0 Å². The molecule has 0 radical (unpaired) electrons. The summed E-state index contributed by atoms with van der Waals surface area (Å²) in [5.74, 6) is 0. The molecule has 2 heterocycles. The molecule has 81 heavy (non-hydrogen) atoms. The number of aromatic nitrogens is 2. The molecule has 0 aliphatic carbocycles. The number of fused-ring (bicyclic) bond motifs is 6. The van der Waals surface area contributed by atoms with Gasteiger partial charge in [-0.05, 0) is 158 Å². The van der Waals surface area contributed by atoms with Gasteiger partial charge in [-0.25, -0.2) is 0 Å². The molecule has 3 heteroatoms. The van der Waals surface area contributed by atoms with Gasteiger partial charge in [-0.3, -0.25) is 0 Å². The fourth-order valence-corrected chi connectivity index (χ4v) is 12.4. The molecule has 0 aliphatic rings. The van der Waals surface area contributed by atoms with Gasteiger partial charge in [0.25, 0.3) is 0 Å². The van der Waals surface area contributed by atoms with Crippen LogP contribution in [-0.2, 0) is 0 Å². The Bertz CT molecular complexity index is 4710. The molecule has 15 aromatic rings.